The fraction of sp³-hybridized carbons (Fsp3) is 0.333. The van der Waals surface area contributed by atoms with Gasteiger partial charge in [0, 0.05) is 21.8 Å². The van der Waals surface area contributed by atoms with Gasteiger partial charge in [0.1, 0.15) is 5.75 Å². The maximum Gasteiger partial charge on any atom is 0.344 e. The first-order valence-electron chi connectivity index (χ1n) is 9.96. The molecular formula is C24H27NO4S. The number of ether oxygens (including phenoxy) is 2. The van der Waals surface area contributed by atoms with Crippen LogP contribution in [0.2, 0.25) is 0 Å². The molecule has 0 unspecified atom stereocenters. The first-order valence-corrected chi connectivity index (χ1v) is 10.8. The van der Waals surface area contributed by atoms with Crippen molar-refractivity contribution in [2.45, 2.75) is 40.2 Å². The minimum absolute atomic E-state index is 0.212. The molecule has 3 rings (SSSR count). The Hall–Kier alpha value is -2.86. The van der Waals surface area contributed by atoms with Crippen LogP contribution in [0.3, 0.4) is 0 Å². The number of carbonyl (C=O) groups is 2. The molecule has 0 fully saturated rings. The molecule has 1 aromatic carbocycles. The molecule has 0 atom stereocenters. The Morgan fingerprint density at radius 3 is 2.53 bits per heavy atom. The average Bonchev–Trinajstić information content (AvgIpc) is 3.34. The number of thiophene rings is 1. The maximum absolute atomic E-state index is 12.6. The van der Waals surface area contributed by atoms with Crippen LogP contribution in [0.1, 0.15) is 52.0 Å². The molecule has 0 radical (unpaired) electrons. The second kappa shape index (κ2) is 9.76. The van der Waals surface area contributed by atoms with Gasteiger partial charge in [-0.25, -0.2) is 4.79 Å². The van der Waals surface area contributed by atoms with E-state index in [1.165, 1.54) is 4.88 Å². The Balaban J connectivity index is 1.56. The first kappa shape index (κ1) is 21.8. The van der Waals surface area contributed by atoms with E-state index in [4.69, 9.17) is 9.47 Å². The number of rotatable bonds is 9. The summed E-state index contributed by atoms with van der Waals surface area (Å²) in [4.78, 5) is 25.9. The molecule has 5 nitrogen and oxygen atoms in total. The van der Waals surface area contributed by atoms with Crippen molar-refractivity contribution in [2.24, 2.45) is 0 Å². The normalized spacial score (nSPS) is 11.0. The number of hydrogen-bond donors (Lipinski definition) is 0. The highest BCUT2D eigenvalue weighted by Gasteiger charge is 2.18. The van der Waals surface area contributed by atoms with Crippen molar-refractivity contribution in [1.82, 2.24) is 4.57 Å². The molecule has 0 amide bonds. The second-order valence-electron chi connectivity index (χ2n) is 7.52. The van der Waals surface area contributed by atoms with Gasteiger partial charge in [-0.1, -0.05) is 38.1 Å². The molecule has 2 heterocycles. The third kappa shape index (κ3) is 5.19. The summed E-state index contributed by atoms with van der Waals surface area (Å²) in [5, 5.41) is 2.04. The third-order valence-corrected chi connectivity index (χ3v) is 5.88. The summed E-state index contributed by atoms with van der Waals surface area (Å²) in [5.41, 5.74) is 3.50. The number of benzene rings is 1. The lowest BCUT2D eigenvalue weighted by molar-refractivity contribution is -0.144. The molecule has 0 aliphatic carbocycles. The van der Waals surface area contributed by atoms with Crippen LogP contribution in [-0.2, 0) is 16.1 Å². The van der Waals surface area contributed by atoms with Crippen LogP contribution in [-0.4, -0.2) is 29.5 Å². The molecule has 158 valence electrons. The van der Waals surface area contributed by atoms with Gasteiger partial charge >= 0.3 is 5.97 Å². The van der Waals surface area contributed by atoms with Gasteiger partial charge in [0.2, 0.25) is 5.78 Å². The van der Waals surface area contributed by atoms with E-state index in [1.54, 1.807) is 11.3 Å². The quantitative estimate of drug-likeness (QED) is 0.352. The van der Waals surface area contributed by atoms with Crippen molar-refractivity contribution in [2.75, 3.05) is 13.2 Å². The summed E-state index contributed by atoms with van der Waals surface area (Å²) in [7, 11) is 0. The summed E-state index contributed by atoms with van der Waals surface area (Å²) < 4.78 is 12.9. The largest absolute Gasteiger partial charge is 0.482 e. The van der Waals surface area contributed by atoms with Gasteiger partial charge in [0.15, 0.2) is 13.2 Å². The molecule has 0 aliphatic heterocycles. The maximum atomic E-state index is 12.6. The molecule has 3 aromatic rings. The zero-order valence-electron chi connectivity index (χ0n) is 17.8. The molecule has 0 bridgehead atoms. The monoisotopic (exact) mass is 425 g/mol. The second-order valence-corrected chi connectivity index (χ2v) is 8.55. The molecule has 0 aliphatic rings. The van der Waals surface area contributed by atoms with Crippen molar-refractivity contribution >= 4 is 23.1 Å². The van der Waals surface area contributed by atoms with Crippen LogP contribution < -0.4 is 4.74 Å². The number of Topliss-reactive ketones (excluding diaryl/α,β-unsaturated/α-hetero) is 1. The van der Waals surface area contributed by atoms with Crippen LogP contribution in [0, 0.1) is 13.8 Å². The van der Waals surface area contributed by atoms with E-state index < -0.39 is 5.97 Å². The van der Waals surface area contributed by atoms with Crippen LogP contribution >= 0.6 is 11.3 Å². The summed E-state index contributed by atoms with van der Waals surface area (Å²) in [6.07, 6.45) is 0. The smallest absolute Gasteiger partial charge is 0.344 e. The molecule has 0 saturated carbocycles. The van der Waals surface area contributed by atoms with Gasteiger partial charge in [-0.05, 0) is 48.9 Å². The number of carbonyl (C=O) groups excluding carboxylic acids is 2. The van der Waals surface area contributed by atoms with Gasteiger partial charge in [0.05, 0.1) is 6.54 Å². The highest BCUT2D eigenvalue weighted by atomic mass is 32.1. The van der Waals surface area contributed by atoms with Crippen molar-refractivity contribution in [3.63, 3.8) is 0 Å². The van der Waals surface area contributed by atoms with Gasteiger partial charge in [-0.2, -0.15) is 0 Å². The van der Waals surface area contributed by atoms with Crippen LogP contribution in [0.4, 0.5) is 0 Å². The standard InChI is InChI=1S/C24H27NO4S/c1-16(2)20-9-5-6-10-23(20)28-15-24(27)29-14-22(26)21-12-17(3)25(18(21)4)13-19-8-7-11-30-19/h5-12,16H,13-15H2,1-4H3. The predicted molar refractivity (Wildman–Crippen MR) is 119 cm³/mol. The molecule has 6 heteroatoms. The molecule has 30 heavy (non-hydrogen) atoms. The lowest BCUT2D eigenvalue weighted by Gasteiger charge is -2.13. The predicted octanol–water partition coefficient (Wildman–Crippen LogP) is 5.14. The van der Waals surface area contributed by atoms with Gasteiger partial charge in [-0.15, -0.1) is 11.3 Å². The Labute approximate surface area is 181 Å². The zero-order chi connectivity index (χ0) is 21.7. The van der Waals surface area contributed by atoms with Crippen molar-refractivity contribution in [1.29, 1.82) is 0 Å². The Kier molecular flexibility index (Phi) is 7.11. The Morgan fingerprint density at radius 1 is 1.07 bits per heavy atom. The van der Waals surface area contributed by atoms with E-state index in [1.807, 2.05) is 55.6 Å². The number of ketones is 1. The zero-order valence-corrected chi connectivity index (χ0v) is 18.6. The fourth-order valence-electron chi connectivity index (χ4n) is 3.38. The first-order chi connectivity index (χ1) is 14.4. The highest BCUT2D eigenvalue weighted by Crippen LogP contribution is 2.25. The molecule has 0 saturated heterocycles. The van der Waals surface area contributed by atoms with E-state index in [0.717, 1.165) is 23.5 Å². The Morgan fingerprint density at radius 2 is 1.83 bits per heavy atom. The number of para-hydroxylation sites is 1. The van der Waals surface area contributed by atoms with E-state index in [0.29, 0.717) is 11.3 Å². The van der Waals surface area contributed by atoms with E-state index in [-0.39, 0.29) is 24.9 Å². The van der Waals surface area contributed by atoms with Crippen molar-refractivity contribution in [3.8, 4) is 5.75 Å². The summed E-state index contributed by atoms with van der Waals surface area (Å²) >= 11 is 1.68. The van der Waals surface area contributed by atoms with Gasteiger partial charge in [-0.3, -0.25) is 4.79 Å². The molecule has 0 spiro atoms. The number of aryl methyl sites for hydroxylation is 1. The van der Waals surface area contributed by atoms with E-state index >= 15 is 0 Å². The topological polar surface area (TPSA) is 57.5 Å². The summed E-state index contributed by atoms with van der Waals surface area (Å²) in [5.74, 6) is 0.168. The van der Waals surface area contributed by atoms with Gasteiger partial charge < -0.3 is 14.0 Å². The van der Waals surface area contributed by atoms with Crippen LogP contribution in [0.15, 0.2) is 47.8 Å². The molecular weight excluding hydrogens is 398 g/mol. The van der Waals surface area contributed by atoms with Crippen LogP contribution in [0.5, 0.6) is 5.75 Å². The van der Waals surface area contributed by atoms with Crippen molar-refractivity contribution in [3.05, 3.63) is 75.2 Å². The lowest BCUT2D eigenvalue weighted by atomic mass is 10.0. The van der Waals surface area contributed by atoms with E-state index in [2.05, 4.69) is 24.5 Å². The molecule has 2 aromatic heterocycles. The van der Waals surface area contributed by atoms with Crippen LogP contribution in [0.25, 0.3) is 0 Å². The SMILES string of the molecule is Cc1cc(C(=O)COC(=O)COc2ccccc2C(C)C)c(C)n1Cc1cccs1. The van der Waals surface area contributed by atoms with Crippen molar-refractivity contribution < 1.29 is 19.1 Å². The minimum atomic E-state index is -0.561. The average molecular weight is 426 g/mol. The lowest BCUT2D eigenvalue weighted by Crippen LogP contribution is -2.20. The number of nitrogens with zero attached hydrogens (tertiary/aromatic N) is 1. The number of hydrogen-bond acceptors (Lipinski definition) is 5. The third-order valence-electron chi connectivity index (χ3n) is 5.02. The highest BCUT2D eigenvalue weighted by molar-refractivity contribution is 7.09. The fourth-order valence-corrected chi connectivity index (χ4v) is 4.07. The number of esters is 1. The minimum Gasteiger partial charge on any atom is -0.482 e. The van der Waals surface area contributed by atoms with E-state index in [9.17, 15) is 9.59 Å². The summed E-state index contributed by atoms with van der Waals surface area (Å²) in [6.45, 7) is 8.23. The molecule has 0 N–H and O–H groups in total. The number of aromatic nitrogens is 1. The van der Waals surface area contributed by atoms with Gasteiger partial charge in [0.25, 0.3) is 0 Å². The Bertz CT molecular complexity index is 1020. The summed E-state index contributed by atoms with van der Waals surface area (Å²) in [6, 6.07) is 13.5.